The molecule has 2 aromatic rings. The van der Waals surface area contributed by atoms with Crippen molar-refractivity contribution >= 4 is 11.8 Å². The van der Waals surface area contributed by atoms with Gasteiger partial charge in [-0.3, -0.25) is 4.90 Å². The Balaban J connectivity index is 1.26. The molecule has 2 aliphatic rings. The van der Waals surface area contributed by atoms with Gasteiger partial charge in [0.2, 0.25) is 5.95 Å². The van der Waals surface area contributed by atoms with Crippen LogP contribution in [0.1, 0.15) is 17.7 Å². The van der Waals surface area contributed by atoms with Crippen molar-refractivity contribution in [3.05, 3.63) is 47.7 Å². The second kappa shape index (κ2) is 9.07. The number of aliphatic hydroxyl groups is 1. The highest BCUT2D eigenvalue weighted by atomic mass is 16.3. The minimum atomic E-state index is -0.379. The molecule has 2 aliphatic heterocycles. The summed E-state index contributed by atoms with van der Waals surface area (Å²) in [6.07, 6.45) is 1.66. The number of rotatable bonds is 5. The fraction of sp³-hybridized carbons (Fsp3) is 0.545. The summed E-state index contributed by atoms with van der Waals surface area (Å²) in [7, 11) is 0. The number of hydrogen-bond acceptors (Lipinski definition) is 7. The van der Waals surface area contributed by atoms with Crippen LogP contribution in [-0.4, -0.2) is 82.8 Å². The van der Waals surface area contributed by atoms with Crippen LogP contribution in [0.2, 0.25) is 0 Å². The van der Waals surface area contributed by atoms with E-state index in [2.05, 4.69) is 55.0 Å². The third-order valence-electron chi connectivity index (χ3n) is 6.16. The number of nitrogen functional groups attached to an aromatic ring is 1. The quantitative estimate of drug-likeness (QED) is 0.785. The van der Waals surface area contributed by atoms with Crippen molar-refractivity contribution in [3.8, 4) is 0 Å². The highest BCUT2D eigenvalue weighted by Gasteiger charge is 2.34. The highest BCUT2D eigenvalue weighted by Crippen LogP contribution is 2.23. The van der Waals surface area contributed by atoms with Crippen molar-refractivity contribution in [2.24, 2.45) is 0 Å². The maximum Gasteiger partial charge on any atom is 0.222 e. The lowest BCUT2D eigenvalue weighted by Crippen LogP contribution is -2.59. The molecule has 0 bridgehead atoms. The highest BCUT2D eigenvalue weighted by molar-refractivity contribution is 5.44. The molecule has 3 N–H and O–H groups in total. The lowest BCUT2D eigenvalue weighted by atomic mass is 9.99. The molecule has 1 aromatic carbocycles. The number of β-amino-alcohol motifs (C(OH)–C–C–N with tert-alkyl or cyclic N) is 1. The van der Waals surface area contributed by atoms with Gasteiger partial charge in [0, 0.05) is 63.6 Å². The van der Waals surface area contributed by atoms with Gasteiger partial charge >= 0.3 is 0 Å². The van der Waals surface area contributed by atoms with Gasteiger partial charge in [0.15, 0.2) is 0 Å². The van der Waals surface area contributed by atoms with Gasteiger partial charge in [-0.2, -0.15) is 4.98 Å². The van der Waals surface area contributed by atoms with Gasteiger partial charge in [0.1, 0.15) is 5.82 Å². The summed E-state index contributed by atoms with van der Waals surface area (Å²) in [6, 6.07) is 12.9. The predicted octanol–water partition coefficient (Wildman–Crippen LogP) is 1.17. The second-order valence-electron chi connectivity index (χ2n) is 8.21. The van der Waals surface area contributed by atoms with E-state index in [9.17, 15) is 5.11 Å². The third kappa shape index (κ3) is 5.04. The van der Waals surface area contributed by atoms with Crippen LogP contribution in [-0.2, 0) is 6.42 Å². The lowest BCUT2D eigenvalue weighted by Gasteiger charge is -2.45. The number of benzene rings is 1. The SMILES string of the molecule is Cc1cc(N2CC[C@@H](N3CCN(CCc4ccccc4)CC3)[C@H](O)C2)nc(N)n1. The number of hydrogen-bond donors (Lipinski definition) is 2. The molecule has 7 heteroatoms. The van der Waals surface area contributed by atoms with E-state index in [0.717, 1.165) is 63.6 Å². The molecule has 2 fully saturated rings. The Morgan fingerprint density at radius 2 is 1.83 bits per heavy atom. The van der Waals surface area contributed by atoms with Crippen LogP contribution in [0.5, 0.6) is 0 Å². The predicted molar refractivity (Wildman–Crippen MR) is 116 cm³/mol. The summed E-state index contributed by atoms with van der Waals surface area (Å²) >= 11 is 0. The van der Waals surface area contributed by atoms with E-state index in [0.29, 0.717) is 12.5 Å². The Hall–Kier alpha value is -2.22. The van der Waals surface area contributed by atoms with Crippen LogP contribution >= 0.6 is 0 Å². The number of aromatic nitrogens is 2. The fourth-order valence-corrected chi connectivity index (χ4v) is 4.54. The fourth-order valence-electron chi connectivity index (χ4n) is 4.54. The molecule has 0 unspecified atom stereocenters. The van der Waals surface area contributed by atoms with Crippen LogP contribution in [0.25, 0.3) is 0 Å². The summed E-state index contributed by atoms with van der Waals surface area (Å²) in [5.74, 6) is 1.11. The first-order valence-corrected chi connectivity index (χ1v) is 10.6. The van der Waals surface area contributed by atoms with Gasteiger partial charge in [0.05, 0.1) is 6.10 Å². The Morgan fingerprint density at radius 1 is 1.07 bits per heavy atom. The molecule has 156 valence electrons. The molecule has 1 aromatic heterocycles. The molecule has 0 amide bonds. The van der Waals surface area contributed by atoms with Crippen LogP contribution in [0.4, 0.5) is 11.8 Å². The van der Waals surface area contributed by atoms with E-state index in [1.54, 1.807) is 0 Å². The number of piperazine rings is 1. The topological polar surface area (TPSA) is 81.8 Å². The number of aryl methyl sites for hydroxylation is 1. The minimum Gasteiger partial charge on any atom is -0.390 e. The first kappa shape index (κ1) is 20.1. The standard InChI is InChI=1S/C22H32N6O/c1-17-15-21(25-22(23)24-17)28-10-8-19(20(29)16-28)27-13-11-26(12-14-27)9-7-18-5-3-2-4-6-18/h2-6,15,19-20,29H,7-14,16H2,1H3,(H2,23,24,25)/t19-,20-/m1/s1. The smallest absolute Gasteiger partial charge is 0.222 e. The Bertz CT molecular complexity index is 773. The number of nitrogens with zero attached hydrogens (tertiary/aromatic N) is 5. The molecule has 0 spiro atoms. The molecule has 0 aliphatic carbocycles. The van der Waals surface area contributed by atoms with Gasteiger partial charge < -0.3 is 20.6 Å². The molecule has 3 heterocycles. The van der Waals surface area contributed by atoms with E-state index in [1.807, 2.05) is 13.0 Å². The van der Waals surface area contributed by atoms with Gasteiger partial charge in [-0.1, -0.05) is 30.3 Å². The lowest BCUT2D eigenvalue weighted by molar-refractivity contribution is 0.00967. The average molecular weight is 397 g/mol. The second-order valence-corrected chi connectivity index (χ2v) is 8.21. The van der Waals surface area contributed by atoms with Crippen LogP contribution in [0.15, 0.2) is 36.4 Å². The summed E-state index contributed by atoms with van der Waals surface area (Å²) in [5.41, 5.74) is 8.05. The van der Waals surface area contributed by atoms with E-state index < -0.39 is 0 Å². The van der Waals surface area contributed by atoms with Crippen molar-refractivity contribution in [2.75, 3.05) is 56.4 Å². The van der Waals surface area contributed by atoms with Crippen molar-refractivity contribution in [1.82, 2.24) is 19.8 Å². The molecule has 29 heavy (non-hydrogen) atoms. The molecular weight excluding hydrogens is 364 g/mol. The monoisotopic (exact) mass is 396 g/mol. The number of piperidine rings is 1. The maximum atomic E-state index is 10.8. The molecular formula is C22H32N6O. The summed E-state index contributed by atoms with van der Waals surface area (Å²) < 4.78 is 0. The summed E-state index contributed by atoms with van der Waals surface area (Å²) in [6.45, 7) is 8.69. The van der Waals surface area contributed by atoms with E-state index in [-0.39, 0.29) is 12.1 Å². The van der Waals surface area contributed by atoms with Gasteiger partial charge in [-0.15, -0.1) is 0 Å². The van der Waals surface area contributed by atoms with Crippen molar-refractivity contribution in [2.45, 2.75) is 31.9 Å². The minimum absolute atomic E-state index is 0.225. The Kier molecular flexibility index (Phi) is 6.28. The maximum absolute atomic E-state index is 10.8. The molecule has 2 atom stereocenters. The largest absolute Gasteiger partial charge is 0.390 e. The zero-order valence-corrected chi connectivity index (χ0v) is 17.2. The molecule has 2 saturated heterocycles. The molecule has 4 rings (SSSR count). The summed E-state index contributed by atoms with van der Waals surface area (Å²) in [5, 5.41) is 10.8. The average Bonchev–Trinajstić information content (AvgIpc) is 2.73. The first-order valence-electron chi connectivity index (χ1n) is 10.6. The van der Waals surface area contributed by atoms with Crippen LogP contribution < -0.4 is 10.6 Å². The van der Waals surface area contributed by atoms with E-state index in [1.165, 1.54) is 5.56 Å². The first-order chi connectivity index (χ1) is 14.1. The third-order valence-corrected chi connectivity index (χ3v) is 6.16. The van der Waals surface area contributed by atoms with Gasteiger partial charge in [-0.05, 0) is 25.3 Å². The normalized spacial score (nSPS) is 24.0. The van der Waals surface area contributed by atoms with Crippen molar-refractivity contribution in [1.29, 1.82) is 0 Å². The van der Waals surface area contributed by atoms with Crippen molar-refractivity contribution < 1.29 is 5.11 Å². The van der Waals surface area contributed by atoms with E-state index in [4.69, 9.17) is 5.73 Å². The number of aliphatic hydroxyl groups excluding tert-OH is 1. The van der Waals surface area contributed by atoms with Gasteiger partial charge in [0.25, 0.3) is 0 Å². The van der Waals surface area contributed by atoms with E-state index >= 15 is 0 Å². The van der Waals surface area contributed by atoms with Crippen molar-refractivity contribution in [3.63, 3.8) is 0 Å². The number of nitrogens with two attached hydrogens (primary N) is 1. The molecule has 0 saturated carbocycles. The number of anilines is 2. The zero-order chi connectivity index (χ0) is 20.2. The van der Waals surface area contributed by atoms with Gasteiger partial charge in [-0.25, -0.2) is 4.98 Å². The van der Waals surface area contributed by atoms with Crippen LogP contribution in [0.3, 0.4) is 0 Å². The molecule has 0 radical (unpaired) electrons. The summed E-state index contributed by atoms with van der Waals surface area (Å²) in [4.78, 5) is 15.6. The molecule has 7 nitrogen and oxygen atoms in total. The Morgan fingerprint density at radius 3 is 2.52 bits per heavy atom. The Labute approximate surface area is 173 Å². The zero-order valence-electron chi connectivity index (χ0n) is 17.2. The van der Waals surface area contributed by atoms with Crippen LogP contribution in [0, 0.1) is 6.92 Å².